The maximum Gasteiger partial charge on any atom is 0.317 e. The lowest BCUT2D eigenvalue weighted by Gasteiger charge is -2.31. The molecule has 21 heavy (non-hydrogen) atoms. The van der Waals surface area contributed by atoms with Gasteiger partial charge in [0.05, 0.1) is 12.0 Å². The van der Waals surface area contributed by atoms with Crippen LogP contribution in [0.4, 0.5) is 4.79 Å². The molecule has 0 aromatic rings. The number of urea groups is 1. The molecule has 1 aliphatic heterocycles. The lowest BCUT2D eigenvalue weighted by molar-refractivity contribution is -0.143. The van der Waals surface area contributed by atoms with Gasteiger partial charge in [0.1, 0.15) is 0 Å². The number of aliphatic hydroxyl groups is 1. The summed E-state index contributed by atoms with van der Waals surface area (Å²) in [6.45, 7) is 1.29. The number of rotatable bonds is 2. The molecule has 3 aliphatic rings. The Morgan fingerprint density at radius 2 is 1.81 bits per heavy atom. The molecule has 2 amide bonds. The van der Waals surface area contributed by atoms with E-state index in [0.29, 0.717) is 25.4 Å². The Labute approximate surface area is 124 Å². The van der Waals surface area contributed by atoms with Crippen molar-refractivity contribution in [1.82, 2.24) is 10.2 Å². The Hall–Kier alpha value is -1.30. The van der Waals surface area contributed by atoms with Crippen LogP contribution in [0.5, 0.6) is 0 Å². The quantitative estimate of drug-likeness (QED) is 0.710. The van der Waals surface area contributed by atoms with Gasteiger partial charge in [-0.25, -0.2) is 4.79 Å². The van der Waals surface area contributed by atoms with Crippen molar-refractivity contribution in [3.05, 3.63) is 0 Å². The van der Waals surface area contributed by atoms with E-state index < -0.39 is 11.9 Å². The fourth-order valence-electron chi connectivity index (χ4n) is 4.25. The van der Waals surface area contributed by atoms with Crippen LogP contribution in [-0.2, 0) is 4.79 Å². The second-order valence-electron chi connectivity index (χ2n) is 6.76. The van der Waals surface area contributed by atoms with E-state index in [1.54, 1.807) is 4.90 Å². The molecular weight excluding hydrogens is 272 g/mol. The van der Waals surface area contributed by atoms with Crippen LogP contribution in [0.25, 0.3) is 0 Å². The van der Waals surface area contributed by atoms with Gasteiger partial charge < -0.3 is 20.4 Å². The molecule has 2 saturated carbocycles. The Bertz CT molecular complexity index is 428. The summed E-state index contributed by atoms with van der Waals surface area (Å²) in [4.78, 5) is 25.4. The summed E-state index contributed by atoms with van der Waals surface area (Å²) in [5.74, 6) is -0.658. The van der Waals surface area contributed by atoms with E-state index in [0.717, 1.165) is 32.1 Å². The number of carbonyl (C=O) groups excluding carboxylic acids is 1. The Morgan fingerprint density at radius 1 is 1.05 bits per heavy atom. The molecule has 0 aromatic heterocycles. The van der Waals surface area contributed by atoms with Gasteiger partial charge >= 0.3 is 12.0 Å². The minimum Gasteiger partial charge on any atom is -0.481 e. The van der Waals surface area contributed by atoms with Crippen LogP contribution in [0.15, 0.2) is 0 Å². The van der Waals surface area contributed by atoms with Crippen molar-refractivity contribution in [1.29, 1.82) is 0 Å². The van der Waals surface area contributed by atoms with Gasteiger partial charge in [0.15, 0.2) is 0 Å². The molecular formula is C15H24N2O4. The number of carbonyl (C=O) groups is 2. The molecule has 0 bridgehead atoms. The SMILES string of the molecule is O=C(O)C1CCCCC1NC(=O)N1CC2CCC(O)C2C1. The lowest BCUT2D eigenvalue weighted by Crippen LogP contribution is -2.50. The number of hydrogen-bond acceptors (Lipinski definition) is 3. The summed E-state index contributed by atoms with van der Waals surface area (Å²) in [5, 5.41) is 22.1. The second-order valence-corrected chi connectivity index (χ2v) is 6.76. The van der Waals surface area contributed by atoms with E-state index in [2.05, 4.69) is 5.32 Å². The number of nitrogens with one attached hydrogen (secondary N) is 1. The number of carboxylic acids is 1. The van der Waals surface area contributed by atoms with Crippen LogP contribution >= 0.6 is 0 Å². The molecule has 0 spiro atoms. The van der Waals surface area contributed by atoms with Crippen molar-refractivity contribution in [3.63, 3.8) is 0 Å². The summed E-state index contributed by atoms with van der Waals surface area (Å²) in [7, 11) is 0. The van der Waals surface area contributed by atoms with E-state index in [4.69, 9.17) is 0 Å². The fourth-order valence-corrected chi connectivity index (χ4v) is 4.25. The van der Waals surface area contributed by atoms with Crippen LogP contribution in [0.1, 0.15) is 38.5 Å². The second kappa shape index (κ2) is 5.83. The molecule has 6 heteroatoms. The number of aliphatic carboxylic acids is 1. The zero-order valence-corrected chi connectivity index (χ0v) is 12.2. The van der Waals surface area contributed by atoms with Crippen molar-refractivity contribution >= 4 is 12.0 Å². The van der Waals surface area contributed by atoms with Gasteiger partial charge in [-0.15, -0.1) is 0 Å². The van der Waals surface area contributed by atoms with Crippen molar-refractivity contribution in [2.75, 3.05) is 13.1 Å². The minimum atomic E-state index is -0.811. The Balaban J connectivity index is 1.57. The summed E-state index contributed by atoms with van der Waals surface area (Å²) in [6.07, 6.45) is 4.82. The first-order valence-corrected chi connectivity index (χ1v) is 8.02. The Morgan fingerprint density at radius 3 is 2.52 bits per heavy atom. The first-order valence-electron chi connectivity index (χ1n) is 8.02. The van der Waals surface area contributed by atoms with Crippen molar-refractivity contribution in [2.45, 2.75) is 50.7 Å². The molecule has 118 valence electrons. The zero-order valence-electron chi connectivity index (χ0n) is 12.2. The first kappa shape index (κ1) is 14.6. The summed E-state index contributed by atoms with van der Waals surface area (Å²) >= 11 is 0. The van der Waals surface area contributed by atoms with Crippen molar-refractivity contribution in [3.8, 4) is 0 Å². The van der Waals surface area contributed by atoms with Crippen LogP contribution in [0.2, 0.25) is 0 Å². The average Bonchev–Trinajstić information content (AvgIpc) is 3.02. The van der Waals surface area contributed by atoms with Crippen molar-refractivity contribution in [2.24, 2.45) is 17.8 Å². The number of aliphatic hydroxyl groups excluding tert-OH is 1. The average molecular weight is 296 g/mol. The number of fused-ring (bicyclic) bond motifs is 1. The van der Waals surface area contributed by atoms with Gasteiger partial charge in [0, 0.05) is 25.0 Å². The molecule has 0 radical (unpaired) electrons. The molecule has 5 atom stereocenters. The highest BCUT2D eigenvalue weighted by Gasteiger charge is 2.44. The number of nitrogens with zero attached hydrogens (tertiary/aromatic N) is 1. The van der Waals surface area contributed by atoms with Gasteiger partial charge in [0.25, 0.3) is 0 Å². The normalized spacial score (nSPS) is 39.1. The highest BCUT2D eigenvalue weighted by atomic mass is 16.4. The third-order valence-corrected chi connectivity index (χ3v) is 5.50. The van der Waals surface area contributed by atoms with Gasteiger partial charge in [-0.05, 0) is 31.6 Å². The molecule has 0 aromatic carbocycles. The maximum absolute atomic E-state index is 12.4. The first-order chi connectivity index (χ1) is 10.1. The number of amides is 2. The monoisotopic (exact) mass is 296 g/mol. The van der Waals surface area contributed by atoms with E-state index in [1.807, 2.05) is 0 Å². The molecule has 3 fully saturated rings. The zero-order chi connectivity index (χ0) is 15.0. The molecule has 1 heterocycles. The van der Waals surface area contributed by atoms with E-state index in [-0.39, 0.29) is 24.1 Å². The predicted molar refractivity (Wildman–Crippen MR) is 75.7 cm³/mol. The van der Waals surface area contributed by atoms with Crippen LogP contribution in [-0.4, -0.2) is 52.3 Å². The number of hydrogen-bond donors (Lipinski definition) is 3. The van der Waals surface area contributed by atoms with Gasteiger partial charge in [-0.1, -0.05) is 12.8 Å². The standard InChI is InChI=1S/C15H24N2O4/c18-13-6-5-9-7-17(8-11(9)13)15(21)16-12-4-2-1-3-10(12)14(19)20/h9-13,18H,1-8H2,(H,16,21)(H,19,20). The molecule has 3 N–H and O–H groups in total. The predicted octanol–water partition coefficient (Wildman–Crippen LogP) is 1.04. The molecule has 2 aliphatic carbocycles. The van der Waals surface area contributed by atoms with E-state index in [9.17, 15) is 19.8 Å². The minimum absolute atomic E-state index is 0.158. The van der Waals surface area contributed by atoms with Gasteiger partial charge in [-0.2, -0.15) is 0 Å². The fraction of sp³-hybridized carbons (Fsp3) is 0.867. The highest BCUT2D eigenvalue weighted by Crippen LogP contribution is 2.38. The van der Waals surface area contributed by atoms with Gasteiger partial charge in [-0.3, -0.25) is 4.79 Å². The van der Waals surface area contributed by atoms with Crippen molar-refractivity contribution < 1.29 is 19.8 Å². The Kier molecular flexibility index (Phi) is 4.06. The summed E-state index contributed by atoms with van der Waals surface area (Å²) < 4.78 is 0. The van der Waals surface area contributed by atoms with Gasteiger partial charge in [0.2, 0.25) is 0 Å². The number of carboxylic acid groups (broad SMARTS) is 1. The van der Waals surface area contributed by atoms with E-state index in [1.165, 1.54) is 0 Å². The number of likely N-dealkylation sites (tertiary alicyclic amines) is 1. The van der Waals surface area contributed by atoms with Crippen LogP contribution in [0.3, 0.4) is 0 Å². The topological polar surface area (TPSA) is 89.9 Å². The largest absolute Gasteiger partial charge is 0.481 e. The van der Waals surface area contributed by atoms with Crippen LogP contribution < -0.4 is 5.32 Å². The molecule has 6 nitrogen and oxygen atoms in total. The van der Waals surface area contributed by atoms with E-state index >= 15 is 0 Å². The third kappa shape index (κ3) is 2.86. The van der Waals surface area contributed by atoms with Crippen LogP contribution in [0, 0.1) is 17.8 Å². The molecule has 1 saturated heterocycles. The summed E-state index contributed by atoms with van der Waals surface area (Å²) in [6, 6.07) is -0.413. The summed E-state index contributed by atoms with van der Waals surface area (Å²) in [5.41, 5.74) is 0. The maximum atomic E-state index is 12.4. The molecule has 3 rings (SSSR count). The third-order valence-electron chi connectivity index (χ3n) is 5.50. The smallest absolute Gasteiger partial charge is 0.317 e. The molecule has 5 unspecified atom stereocenters. The lowest BCUT2D eigenvalue weighted by atomic mass is 9.84. The highest BCUT2D eigenvalue weighted by molar-refractivity contribution is 5.77.